The highest BCUT2D eigenvalue weighted by molar-refractivity contribution is 14.0. The summed E-state index contributed by atoms with van der Waals surface area (Å²) in [5.74, 6) is 3.68. The second kappa shape index (κ2) is 11.7. The largest absolute Gasteiger partial charge is 0.493 e. The molecule has 25 heavy (non-hydrogen) atoms. The highest BCUT2D eigenvalue weighted by Gasteiger charge is 2.26. The van der Waals surface area contributed by atoms with Gasteiger partial charge >= 0.3 is 6.18 Å². The molecule has 140 valence electrons. The fourth-order valence-corrected chi connectivity index (χ4v) is 1.79. The molecule has 0 atom stereocenters. The van der Waals surface area contributed by atoms with E-state index in [0.717, 1.165) is 5.56 Å². The lowest BCUT2D eigenvalue weighted by Crippen LogP contribution is -2.38. The Balaban J connectivity index is 0.00000576. The van der Waals surface area contributed by atoms with E-state index in [1.165, 1.54) is 14.2 Å². The van der Waals surface area contributed by atoms with E-state index in [2.05, 4.69) is 21.5 Å². The van der Waals surface area contributed by atoms with Gasteiger partial charge < -0.3 is 20.1 Å². The van der Waals surface area contributed by atoms with Gasteiger partial charge in [0.1, 0.15) is 6.61 Å². The molecule has 1 rings (SSSR count). The van der Waals surface area contributed by atoms with Gasteiger partial charge in [-0.05, 0) is 17.7 Å². The van der Waals surface area contributed by atoms with Gasteiger partial charge in [0.15, 0.2) is 17.5 Å². The number of guanidine groups is 1. The Morgan fingerprint density at radius 3 is 2.56 bits per heavy atom. The van der Waals surface area contributed by atoms with Gasteiger partial charge in [-0.15, -0.1) is 30.4 Å². The number of hydrogen-bond acceptors (Lipinski definition) is 3. The summed E-state index contributed by atoms with van der Waals surface area (Å²) in [6.07, 6.45) is 0.0337. The van der Waals surface area contributed by atoms with Crippen LogP contribution >= 0.6 is 24.0 Å². The van der Waals surface area contributed by atoms with Crippen LogP contribution in [0, 0.1) is 12.3 Å². The lowest BCUT2D eigenvalue weighted by Gasteiger charge is -2.14. The topological polar surface area (TPSA) is 54.9 Å². The van der Waals surface area contributed by atoms with Gasteiger partial charge in [-0.2, -0.15) is 13.2 Å². The van der Waals surface area contributed by atoms with Crippen molar-refractivity contribution in [2.45, 2.75) is 19.1 Å². The Morgan fingerprint density at radius 2 is 2.00 bits per heavy atom. The van der Waals surface area contributed by atoms with Crippen molar-refractivity contribution in [2.75, 3.05) is 27.3 Å². The molecular weight excluding hydrogens is 450 g/mol. The first-order chi connectivity index (χ1) is 11.4. The van der Waals surface area contributed by atoms with Crippen LogP contribution in [0.2, 0.25) is 0 Å². The minimum absolute atomic E-state index is 0. The maximum atomic E-state index is 12.1. The quantitative estimate of drug-likeness (QED) is 0.278. The van der Waals surface area contributed by atoms with Crippen LogP contribution in [-0.2, 0) is 6.54 Å². The molecule has 0 saturated heterocycles. The Morgan fingerprint density at radius 1 is 1.28 bits per heavy atom. The summed E-state index contributed by atoms with van der Waals surface area (Å²) < 4.78 is 47.0. The summed E-state index contributed by atoms with van der Waals surface area (Å²) >= 11 is 0. The number of aliphatic imine (C=N–C) groups is 1. The van der Waals surface area contributed by atoms with Crippen LogP contribution in [0.15, 0.2) is 23.2 Å². The maximum absolute atomic E-state index is 12.1. The molecule has 1 aromatic rings. The highest BCUT2D eigenvalue weighted by Crippen LogP contribution is 2.27. The summed E-state index contributed by atoms with van der Waals surface area (Å²) in [6.45, 7) is 0.207. The first-order valence-corrected chi connectivity index (χ1v) is 7.14. The monoisotopic (exact) mass is 471 g/mol. The molecule has 9 heteroatoms. The average molecular weight is 471 g/mol. The summed E-state index contributed by atoms with van der Waals surface area (Å²) in [7, 11) is 3.00. The Bertz CT molecular complexity index is 601. The Kier molecular flexibility index (Phi) is 10.8. The number of terminal acetylenes is 1. The van der Waals surface area contributed by atoms with Crippen LogP contribution in [0.5, 0.6) is 11.5 Å². The lowest BCUT2D eigenvalue weighted by molar-refractivity contribution is -0.132. The number of alkyl halides is 3. The first-order valence-electron chi connectivity index (χ1n) is 7.14. The molecule has 0 aromatic heterocycles. The molecule has 0 radical (unpaired) electrons. The smallest absolute Gasteiger partial charge is 0.390 e. The van der Waals surface area contributed by atoms with Crippen LogP contribution in [0.1, 0.15) is 12.0 Å². The number of nitrogens with one attached hydrogen (secondary N) is 2. The molecule has 0 heterocycles. The van der Waals surface area contributed by atoms with Crippen molar-refractivity contribution in [3.8, 4) is 23.8 Å². The van der Waals surface area contributed by atoms with E-state index < -0.39 is 12.6 Å². The van der Waals surface area contributed by atoms with Crippen molar-refractivity contribution < 1.29 is 22.6 Å². The zero-order chi connectivity index (χ0) is 18.0. The molecule has 5 nitrogen and oxygen atoms in total. The third-order valence-corrected chi connectivity index (χ3v) is 2.92. The molecule has 0 spiro atoms. The van der Waals surface area contributed by atoms with Crippen LogP contribution < -0.4 is 20.1 Å². The average Bonchev–Trinajstić information content (AvgIpc) is 2.55. The molecular formula is C16H21F3IN3O2. The number of methoxy groups -OCH3 is 1. The van der Waals surface area contributed by atoms with Crippen LogP contribution in [0.25, 0.3) is 0 Å². The second-order valence-electron chi connectivity index (χ2n) is 4.70. The molecule has 0 aliphatic carbocycles. The van der Waals surface area contributed by atoms with Crippen molar-refractivity contribution in [2.24, 2.45) is 4.99 Å². The van der Waals surface area contributed by atoms with E-state index >= 15 is 0 Å². The molecule has 0 unspecified atom stereocenters. The number of halogens is 4. The van der Waals surface area contributed by atoms with Gasteiger partial charge in [-0.1, -0.05) is 12.0 Å². The summed E-state index contributed by atoms with van der Waals surface area (Å²) in [5, 5.41) is 5.53. The molecule has 0 saturated carbocycles. The SMILES string of the molecule is C#CCOc1cc(CNC(=NC)NCCC(F)(F)F)ccc1OC.I. The Labute approximate surface area is 162 Å². The van der Waals surface area contributed by atoms with Gasteiger partial charge in [0.2, 0.25) is 0 Å². The van der Waals surface area contributed by atoms with Gasteiger partial charge in [-0.3, -0.25) is 4.99 Å². The Hall–Kier alpha value is -1.83. The fraction of sp³-hybridized carbons (Fsp3) is 0.438. The van der Waals surface area contributed by atoms with Crippen LogP contribution in [0.3, 0.4) is 0 Å². The standard InChI is InChI=1S/C16H20F3N3O2.HI/c1-4-9-24-14-10-12(5-6-13(14)23-3)11-22-15(20-2)21-8-7-16(17,18)19;/h1,5-6,10H,7-9,11H2,2-3H3,(H2,20,21,22);1H. The van der Waals surface area contributed by atoms with Gasteiger partial charge in [-0.25, -0.2) is 0 Å². The number of ether oxygens (including phenoxy) is 2. The van der Waals surface area contributed by atoms with E-state index in [0.29, 0.717) is 18.0 Å². The molecule has 2 N–H and O–H groups in total. The summed E-state index contributed by atoms with van der Waals surface area (Å²) in [4.78, 5) is 3.87. The lowest BCUT2D eigenvalue weighted by atomic mass is 10.2. The fourth-order valence-electron chi connectivity index (χ4n) is 1.79. The molecule has 1 aromatic carbocycles. The number of rotatable bonds is 7. The number of hydrogen-bond donors (Lipinski definition) is 2. The van der Waals surface area contributed by atoms with Gasteiger partial charge in [0.25, 0.3) is 0 Å². The summed E-state index contributed by atoms with van der Waals surface area (Å²) in [6, 6.07) is 5.27. The normalized spacial score (nSPS) is 11.1. The predicted molar refractivity (Wildman–Crippen MR) is 102 cm³/mol. The minimum atomic E-state index is -4.20. The van der Waals surface area contributed by atoms with E-state index in [4.69, 9.17) is 15.9 Å². The van der Waals surface area contributed by atoms with E-state index in [1.807, 2.05) is 0 Å². The van der Waals surface area contributed by atoms with Crippen LogP contribution in [-0.4, -0.2) is 39.4 Å². The van der Waals surface area contributed by atoms with Crippen molar-refractivity contribution in [3.05, 3.63) is 23.8 Å². The maximum Gasteiger partial charge on any atom is 0.390 e. The third kappa shape index (κ3) is 9.28. The van der Waals surface area contributed by atoms with Gasteiger partial charge in [0.05, 0.1) is 13.5 Å². The van der Waals surface area contributed by atoms with Crippen LogP contribution in [0.4, 0.5) is 13.2 Å². The predicted octanol–water partition coefficient (Wildman–Crippen LogP) is 2.94. The van der Waals surface area contributed by atoms with Crippen molar-refractivity contribution in [3.63, 3.8) is 0 Å². The molecule has 0 aliphatic rings. The highest BCUT2D eigenvalue weighted by atomic mass is 127. The minimum Gasteiger partial charge on any atom is -0.493 e. The first kappa shape index (κ1) is 23.2. The zero-order valence-electron chi connectivity index (χ0n) is 13.9. The molecule has 0 aliphatic heterocycles. The summed E-state index contributed by atoms with van der Waals surface area (Å²) in [5.41, 5.74) is 0.835. The van der Waals surface area contributed by atoms with E-state index in [1.54, 1.807) is 18.2 Å². The molecule has 0 amide bonds. The number of nitrogens with zero attached hydrogens (tertiary/aromatic N) is 1. The van der Waals surface area contributed by atoms with Crippen molar-refractivity contribution >= 4 is 29.9 Å². The van der Waals surface area contributed by atoms with Crippen molar-refractivity contribution in [1.82, 2.24) is 10.6 Å². The van der Waals surface area contributed by atoms with E-state index in [9.17, 15) is 13.2 Å². The molecule has 0 bridgehead atoms. The third-order valence-electron chi connectivity index (χ3n) is 2.92. The number of benzene rings is 1. The molecule has 0 fully saturated rings. The van der Waals surface area contributed by atoms with E-state index in [-0.39, 0.29) is 43.1 Å². The zero-order valence-corrected chi connectivity index (χ0v) is 16.3. The van der Waals surface area contributed by atoms with Gasteiger partial charge in [0, 0.05) is 20.1 Å². The van der Waals surface area contributed by atoms with Crippen molar-refractivity contribution in [1.29, 1.82) is 0 Å². The second-order valence-corrected chi connectivity index (χ2v) is 4.70.